The molecule has 3 rings (SSSR count). The molecule has 3 heterocycles. The third kappa shape index (κ3) is 3.79. The van der Waals surface area contributed by atoms with Crippen molar-refractivity contribution in [3.05, 3.63) is 41.9 Å². The summed E-state index contributed by atoms with van der Waals surface area (Å²) in [7, 11) is 1.95. The maximum Gasteiger partial charge on any atom is 0.315 e. The number of carbonyl (C=O) groups excluding carboxylic acids is 1. The van der Waals surface area contributed by atoms with Crippen LogP contribution >= 0.6 is 0 Å². The van der Waals surface area contributed by atoms with E-state index in [1.165, 1.54) is 0 Å². The quantitative estimate of drug-likeness (QED) is 0.902. The van der Waals surface area contributed by atoms with Crippen LogP contribution in [-0.2, 0) is 11.8 Å². The molecule has 1 aliphatic heterocycles. The minimum absolute atomic E-state index is 0.0401. The van der Waals surface area contributed by atoms with E-state index in [1.54, 1.807) is 6.33 Å². The van der Waals surface area contributed by atoms with E-state index in [1.807, 2.05) is 43.8 Å². The Morgan fingerprint density at radius 3 is 2.96 bits per heavy atom. The van der Waals surface area contributed by atoms with E-state index in [9.17, 15) is 4.79 Å². The van der Waals surface area contributed by atoms with Crippen LogP contribution in [0.5, 0.6) is 0 Å². The normalized spacial score (nSPS) is 22.1. The molecule has 1 aliphatic rings. The molecule has 7 nitrogen and oxygen atoms in total. The maximum atomic E-state index is 12.2. The number of carbonyl (C=O) groups is 1. The van der Waals surface area contributed by atoms with Gasteiger partial charge in [0.05, 0.1) is 24.3 Å². The number of imidazole rings is 1. The second-order valence-electron chi connectivity index (χ2n) is 6.30. The first-order chi connectivity index (χ1) is 11.5. The summed E-state index contributed by atoms with van der Waals surface area (Å²) in [6.07, 6.45) is 5.07. The van der Waals surface area contributed by atoms with Crippen molar-refractivity contribution in [2.75, 3.05) is 6.61 Å². The molecule has 3 atom stereocenters. The molecule has 1 saturated heterocycles. The fourth-order valence-corrected chi connectivity index (χ4v) is 2.99. The molecule has 2 aromatic rings. The Hall–Kier alpha value is -2.28. The molecule has 0 radical (unpaired) electrons. The van der Waals surface area contributed by atoms with Crippen LogP contribution in [0.2, 0.25) is 0 Å². The number of nitrogens with one attached hydrogen (secondary N) is 2. The van der Waals surface area contributed by atoms with E-state index in [-0.39, 0.29) is 24.2 Å². The molecule has 2 N–H and O–H groups in total. The SMILES string of the molecule is Cc1ccc([C@H](C)NC(=O)N[C@@H]2CCO[C@H](c3cncn3C)C2)o1. The summed E-state index contributed by atoms with van der Waals surface area (Å²) < 4.78 is 13.3. The van der Waals surface area contributed by atoms with Gasteiger partial charge in [0, 0.05) is 19.7 Å². The molecule has 2 aromatic heterocycles. The third-order valence-corrected chi connectivity index (χ3v) is 4.34. The number of aryl methyl sites for hydroxylation is 2. The van der Waals surface area contributed by atoms with Crippen LogP contribution in [-0.4, -0.2) is 28.2 Å². The molecule has 7 heteroatoms. The molecule has 2 amide bonds. The van der Waals surface area contributed by atoms with Crippen LogP contribution in [0.4, 0.5) is 4.79 Å². The molecular formula is C17H24N4O3. The van der Waals surface area contributed by atoms with Crippen molar-refractivity contribution in [3.63, 3.8) is 0 Å². The second kappa shape index (κ2) is 7.09. The highest BCUT2D eigenvalue weighted by Gasteiger charge is 2.27. The lowest BCUT2D eigenvalue weighted by molar-refractivity contribution is -0.00182. The predicted octanol–water partition coefficient (Wildman–Crippen LogP) is 2.60. The fourth-order valence-electron chi connectivity index (χ4n) is 2.99. The van der Waals surface area contributed by atoms with Gasteiger partial charge in [0.15, 0.2) is 0 Å². The second-order valence-corrected chi connectivity index (χ2v) is 6.30. The van der Waals surface area contributed by atoms with Gasteiger partial charge >= 0.3 is 6.03 Å². The molecule has 0 bridgehead atoms. The van der Waals surface area contributed by atoms with Crippen molar-refractivity contribution in [1.82, 2.24) is 20.2 Å². The lowest BCUT2D eigenvalue weighted by atomic mass is 10.0. The minimum Gasteiger partial charge on any atom is -0.464 e. The Labute approximate surface area is 141 Å². The molecule has 130 valence electrons. The van der Waals surface area contributed by atoms with Crippen LogP contribution in [0.3, 0.4) is 0 Å². The Morgan fingerprint density at radius 1 is 1.46 bits per heavy atom. The number of hydrogen-bond acceptors (Lipinski definition) is 4. The van der Waals surface area contributed by atoms with Gasteiger partial charge in [-0.25, -0.2) is 9.78 Å². The zero-order valence-corrected chi connectivity index (χ0v) is 14.3. The number of amides is 2. The van der Waals surface area contributed by atoms with Crippen molar-refractivity contribution in [1.29, 1.82) is 0 Å². The van der Waals surface area contributed by atoms with Crippen molar-refractivity contribution >= 4 is 6.03 Å². The molecule has 0 unspecified atom stereocenters. The first-order valence-electron chi connectivity index (χ1n) is 8.24. The van der Waals surface area contributed by atoms with Crippen molar-refractivity contribution in [3.8, 4) is 0 Å². The summed E-state index contributed by atoms with van der Waals surface area (Å²) in [6.45, 7) is 4.41. The van der Waals surface area contributed by atoms with E-state index in [2.05, 4.69) is 15.6 Å². The monoisotopic (exact) mass is 332 g/mol. The molecule has 1 fully saturated rings. The Morgan fingerprint density at radius 2 is 2.29 bits per heavy atom. The molecule has 0 aliphatic carbocycles. The van der Waals surface area contributed by atoms with Gasteiger partial charge in [-0.3, -0.25) is 0 Å². The third-order valence-electron chi connectivity index (χ3n) is 4.34. The van der Waals surface area contributed by atoms with Gasteiger partial charge < -0.3 is 24.4 Å². The van der Waals surface area contributed by atoms with Crippen LogP contribution in [0, 0.1) is 6.92 Å². The number of ether oxygens (including phenoxy) is 1. The zero-order chi connectivity index (χ0) is 17.1. The number of urea groups is 1. The molecule has 0 spiro atoms. The van der Waals surface area contributed by atoms with Gasteiger partial charge in [-0.2, -0.15) is 0 Å². The van der Waals surface area contributed by atoms with Crippen molar-refractivity contribution in [2.45, 2.75) is 44.9 Å². The van der Waals surface area contributed by atoms with E-state index in [0.717, 1.165) is 30.1 Å². The van der Waals surface area contributed by atoms with Crippen LogP contribution in [0.15, 0.2) is 29.1 Å². The average molecular weight is 332 g/mol. The highest BCUT2D eigenvalue weighted by molar-refractivity contribution is 5.74. The summed E-state index contributed by atoms with van der Waals surface area (Å²) >= 11 is 0. The van der Waals surface area contributed by atoms with Gasteiger partial charge in [-0.05, 0) is 38.8 Å². The van der Waals surface area contributed by atoms with Gasteiger partial charge in [0.1, 0.15) is 17.6 Å². The molecule has 24 heavy (non-hydrogen) atoms. The van der Waals surface area contributed by atoms with Gasteiger partial charge in [-0.1, -0.05) is 0 Å². The summed E-state index contributed by atoms with van der Waals surface area (Å²) in [5.74, 6) is 1.59. The fraction of sp³-hybridized carbons (Fsp3) is 0.529. The smallest absolute Gasteiger partial charge is 0.315 e. The summed E-state index contributed by atoms with van der Waals surface area (Å²) in [5.41, 5.74) is 1.03. The summed E-state index contributed by atoms with van der Waals surface area (Å²) in [6, 6.07) is 3.48. The molecular weight excluding hydrogens is 308 g/mol. The number of furan rings is 1. The highest BCUT2D eigenvalue weighted by atomic mass is 16.5. The maximum absolute atomic E-state index is 12.2. The highest BCUT2D eigenvalue weighted by Crippen LogP contribution is 2.27. The lowest BCUT2D eigenvalue weighted by Gasteiger charge is -2.30. The zero-order valence-electron chi connectivity index (χ0n) is 14.3. The topological polar surface area (TPSA) is 81.3 Å². The van der Waals surface area contributed by atoms with Crippen molar-refractivity contribution < 1.29 is 13.9 Å². The Kier molecular flexibility index (Phi) is 4.89. The van der Waals surface area contributed by atoms with E-state index in [4.69, 9.17) is 9.15 Å². The number of hydrogen-bond donors (Lipinski definition) is 2. The number of aromatic nitrogens is 2. The van der Waals surface area contributed by atoms with E-state index < -0.39 is 0 Å². The summed E-state index contributed by atoms with van der Waals surface area (Å²) in [4.78, 5) is 16.4. The lowest BCUT2D eigenvalue weighted by Crippen LogP contribution is -2.45. The first kappa shape index (κ1) is 16.6. The standard InChI is InChI=1S/C17H24N4O3/c1-11-4-5-15(24-11)12(2)19-17(22)20-13-6-7-23-16(8-13)14-9-18-10-21(14)3/h4-5,9-10,12-13,16H,6-8H2,1-3H3,(H2,19,20,22)/t12-,13+,16-/m0/s1. The Balaban J connectivity index is 1.53. The van der Waals surface area contributed by atoms with E-state index in [0.29, 0.717) is 6.61 Å². The number of nitrogens with zero attached hydrogens (tertiary/aromatic N) is 2. The molecule has 0 saturated carbocycles. The first-order valence-corrected chi connectivity index (χ1v) is 8.24. The van der Waals surface area contributed by atoms with Crippen LogP contribution < -0.4 is 10.6 Å². The largest absolute Gasteiger partial charge is 0.464 e. The van der Waals surface area contributed by atoms with Gasteiger partial charge in [0.2, 0.25) is 0 Å². The average Bonchev–Trinajstić information content (AvgIpc) is 3.16. The van der Waals surface area contributed by atoms with Gasteiger partial charge in [-0.15, -0.1) is 0 Å². The minimum atomic E-state index is -0.188. The van der Waals surface area contributed by atoms with Crippen LogP contribution in [0.1, 0.15) is 49.1 Å². The van der Waals surface area contributed by atoms with E-state index >= 15 is 0 Å². The predicted molar refractivity (Wildman–Crippen MR) is 88.5 cm³/mol. The van der Waals surface area contributed by atoms with Gasteiger partial charge in [0.25, 0.3) is 0 Å². The number of rotatable bonds is 4. The van der Waals surface area contributed by atoms with Crippen molar-refractivity contribution in [2.24, 2.45) is 7.05 Å². The van der Waals surface area contributed by atoms with Crippen LogP contribution in [0.25, 0.3) is 0 Å². The molecule has 0 aromatic carbocycles. The summed E-state index contributed by atoms with van der Waals surface area (Å²) in [5, 5.41) is 5.95. The Bertz CT molecular complexity index is 694.